The smallest absolute Gasteiger partial charge is 0.191 e. The van der Waals surface area contributed by atoms with Crippen LogP contribution in [0.2, 0.25) is 0 Å². The van der Waals surface area contributed by atoms with E-state index in [-0.39, 0.29) is 5.82 Å². The molecule has 1 aromatic carbocycles. The van der Waals surface area contributed by atoms with Crippen LogP contribution in [0, 0.1) is 5.82 Å². The zero-order valence-corrected chi connectivity index (χ0v) is 13.2. The van der Waals surface area contributed by atoms with E-state index in [1.54, 1.807) is 13.1 Å². The van der Waals surface area contributed by atoms with Crippen LogP contribution in [-0.2, 0) is 6.42 Å². The summed E-state index contributed by atoms with van der Waals surface area (Å²) in [7, 11) is 1.76. The maximum atomic E-state index is 13.1. The maximum Gasteiger partial charge on any atom is 0.191 e. The number of hydrogen-bond acceptors (Lipinski definition) is 1. The number of guanidine groups is 1. The van der Waals surface area contributed by atoms with E-state index in [0.29, 0.717) is 10.5 Å². The van der Waals surface area contributed by atoms with Gasteiger partial charge in [-0.15, -0.1) is 0 Å². The predicted molar refractivity (Wildman–Crippen MR) is 82.1 cm³/mol. The Kier molecular flexibility index (Phi) is 6.84. The first-order chi connectivity index (χ1) is 9.06. The van der Waals surface area contributed by atoms with Crippen molar-refractivity contribution in [3.8, 4) is 0 Å². The van der Waals surface area contributed by atoms with E-state index in [4.69, 9.17) is 0 Å². The number of nitrogens with one attached hydrogen (secondary N) is 2. The van der Waals surface area contributed by atoms with E-state index in [1.165, 1.54) is 6.07 Å². The number of hydrogen-bond donors (Lipinski definition) is 2. The molecule has 0 aliphatic rings. The van der Waals surface area contributed by atoms with Gasteiger partial charge in [0.25, 0.3) is 0 Å². The fraction of sp³-hybridized carbons (Fsp3) is 0.500. The van der Waals surface area contributed by atoms with Crippen LogP contribution in [0.4, 0.5) is 4.39 Å². The summed E-state index contributed by atoms with van der Waals surface area (Å²) in [6, 6.07) is 5.48. The fourth-order valence-electron chi connectivity index (χ4n) is 1.55. The van der Waals surface area contributed by atoms with Crippen LogP contribution >= 0.6 is 15.9 Å². The molecule has 0 aliphatic carbocycles. The highest BCUT2D eigenvalue weighted by molar-refractivity contribution is 9.10. The lowest BCUT2D eigenvalue weighted by Crippen LogP contribution is -2.42. The Labute approximate surface area is 122 Å². The minimum atomic E-state index is -0.231. The number of benzene rings is 1. The summed E-state index contributed by atoms with van der Waals surface area (Å²) in [4.78, 5) is 4.16. The number of aliphatic imine (C=N–C) groups is 1. The highest BCUT2D eigenvalue weighted by Gasteiger charge is 2.03. The molecule has 106 valence electrons. The van der Waals surface area contributed by atoms with Gasteiger partial charge in [0.05, 0.1) is 4.47 Å². The molecule has 19 heavy (non-hydrogen) atoms. The normalized spacial score (nSPS) is 13.2. The second-order valence-electron chi connectivity index (χ2n) is 4.45. The molecule has 0 saturated heterocycles. The second-order valence-corrected chi connectivity index (χ2v) is 5.31. The average Bonchev–Trinajstić information content (AvgIpc) is 2.41. The SMILES string of the molecule is CCC(C)NC(=NC)NCCc1ccc(F)c(Br)c1. The summed E-state index contributed by atoms with van der Waals surface area (Å²) in [6.45, 7) is 5.00. The standard InChI is InChI=1S/C14H21BrFN3/c1-4-10(2)19-14(17-3)18-8-7-11-5-6-13(16)12(15)9-11/h5-6,9-10H,4,7-8H2,1-3H3,(H2,17,18,19). The Morgan fingerprint density at radius 2 is 2.21 bits per heavy atom. The molecule has 3 nitrogen and oxygen atoms in total. The van der Waals surface area contributed by atoms with Crippen molar-refractivity contribution >= 4 is 21.9 Å². The molecule has 1 aromatic rings. The van der Waals surface area contributed by atoms with Crippen molar-refractivity contribution in [2.75, 3.05) is 13.6 Å². The first kappa shape index (κ1) is 16.0. The van der Waals surface area contributed by atoms with Gasteiger partial charge in [-0.05, 0) is 53.4 Å². The van der Waals surface area contributed by atoms with Crippen molar-refractivity contribution in [3.05, 3.63) is 34.1 Å². The van der Waals surface area contributed by atoms with Gasteiger partial charge in [-0.2, -0.15) is 0 Å². The monoisotopic (exact) mass is 329 g/mol. The van der Waals surface area contributed by atoms with E-state index in [0.717, 1.165) is 30.9 Å². The van der Waals surface area contributed by atoms with Crippen LogP contribution in [0.1, 0.15) is 25.8 Å². The van der Waals surface area contributed by atoms with Crippen LogP contribution in [0.25, 0.3) is 0 Å². The Morgan fingerprint density at radius 1 is 1.47 bits per heavy atom. The molecule has 0 spiro atoms. The van der Waals surface area contributed by atoms with Crippen molar-refractivity contribution in [3.63, 3.8) is 0 Å². The van der Waals surface area contributed by atoms with Crippen molar-refractivity contribution in [1.82, 2.24) is 10.6 Å². The van der Waals surface area contributed by atoms with Gasteiger partial charge in [-0.1, -0.05) is 13.0 Å². The van der Waals surface area contributed by atoms with E-state index in [1.807, 2.05) is 6.07 Å². The van der Waals surface area contributed by atoms with Crippen LogP contribution in [0.5, 0.6) is 0 Å². The van der Waals surface area contributed by atoms with E-state index in [2.05, 4.69) is 45.4 Å². The van der Waals surface area contributed by atoms with Crippen molar-refractivity contribution in [1.29, 1.82) is 0 Å². The zero-order valence-electron chi connectivity index (χ0n) is 11.6. The third-order valence-electron chi connectivity index (χ3n) is 2.91. The third kappa shape index (κ3) is 5.59. The second kappa shape index (κ2) is 8.15. The van der Waals surface area contributed by atoms with E-state index < -0.39 is 0 Å². The third-order valence-corrected chi connectivity index (χ3v) is 3.52. The van der Waals surface area contributed by atoms with Crippen LogP contribution in [0.15, 0.2) is 27.7 Å². The molecule has 0 fully saturated rings. The Bertz CT molecular complexity index is 435. The van der Waals surface area contributed by atoms with Gasteiger partial charge < -0.3 is 10.6 Å². The number of rotatable bonds is 5. The molecule has 1 atom stereocenters. The predicted octanol–water partition coefficient (Wildman–Crippen LogP) is 3.09. The molecular formula is C14H21BrFN3. The molecule has 0 aliphatic heterocycles. The lowest BCUT2D eigenvalue weighted by Gasteiger charge is -2.16. The summed E-state index contributed by atoms with van der Waals surface area (Å²) < 4.78 is 13.6. The quantitative estimate of drug-likeness (QED) is 0.643. The van der Waals surface area contributed by atoms with E-state index in [9.17, 15) is 4.39 Å². The van der Waals surface area contributed by atoms with Gasteiger partial charge in [0, 0.05) is 19.6 Å². The molecule has 1 rings (SSSR count). The van der Waals surface area contributed by atoms with Crippen molar-refractivity contribution in [2.24, 2.45) is 4.99 Å². The first-order valence-electron chi connectivity index (χ1n) is 6.48. The minimum absolute atomic E-state index is 0.231. The zero-order chi connectivity index (χ0) is 14.3. The largest absolute Gasteiger partial charge is 0.356 e. The van der Waals surface area contributed by atoms with Gasteiger partial charge in [0.2, 0.25) is 0 Å². The average molecular weight is 330 g/mol. The van der Waals surface area contributed by atoms with Crippen LogP contribution in [-0.4, -0.2) is 25.6 Å². The summed E-state index contributed by atoms with van der Waals surface area (Å²) in [6.07, 6.45) is 1.87. The number of nitrogens with zero attached hydrogens (tertiary/aromatic N) is 1. The molecule has 0 radical (unpaired) electrons. The van der Waals surface area contributed by atoms with Gasteiger partial charge in [0.15, 0.2) is 5.96 Å². The van der Waals surface area contributed by atoms with Crippen LogP contribution in [0.3, 0.4) is 0 Å². The van der Waals surface area contributed by atoms with Gasteiger partial charge in [-0.3, -0.25) is 4.99 Å². The molecule has 0 bridgehead atoms. The Balaban J connectivity index is 2.42. The molecule has 2 N–H and O–H groups in total. The van der Waals surface area contributed by atoms with Crippen molar-refractivity contribution < 1.29 is 4.39 Å². The maximum absolute atomic E-state index is 13.1. The Morgan fingerprint density at radius 3 is 2.79 bits per heavy atom. The van der Waals surface area contributed by atoms with Crippen molar-refractivity contribution in [2.45, 2.75) is 32.7 Å². The van der Waals surface area contributed by atoms with E-state index >= 15 is 0 Å². The van der Waals surface area contributed by atoms with Gasteiger partial charge >= 0.3 is 0 Å². The van der Waals surface area contributed by atoms with Gasteiger partial charge in [-0.25, -0.2) is 4.39 Å². The first-order valence-corrected chi connectivity index (χ1v) is 7.27. The van der Waals surface area contributed by atoms with Gasteiger partial charge in [0.1, 0.15) is 5.82 Å². The molecular weight excluding hydrogens is 309 g/mol. The van der Waals surface area contributed by atoms with Crippen LogP contribution < -0.4 is 10.6 Å². The lowest BCUT2D eigenvalue weighted by atomic mass is 10.1. The summed E-state index contributed by atoms with van der Waals surface area (Å²) in [5.41, 5.74) is 1.08. The molecule has 1 unspecified atom stereocenters. The topological polar surface area (TPSA) is 36.4 Å². The Hall–Kier alpha value is -1.10. The minimum Gasteiger partial charge on any atom is -0.356 e. The summed E-state index contributed by atoms with van der Waals surface area (Å²) >= 11 is 3.19. The molecule has 0 amide bonds. The highest BCUT2D eigenvalue weighted by Crippen LogP contribution is 2.16. The molecule has 5 heteroatoms. The highest BCUT2D eigenvalue weighted by atomic mass is 79.9. The number of halogens is 2. The lowest BCUT2D eigenvalue weighted by molar-refractivity contribution is 0.618. The summed E-state index contributed by atoms with van der Waals surface area (Å²) in [5, 5.41) is 6.54. The molecule has 0 aromatic heterocycles. The molecule has 0 saturated carbocycles. The summed E-state index contributed by atoms with van der Waals surface area (Å²) in [5.74, 6) is 0.571. The molecule has 0 heterocycles. The fourth-order valence-corrected chi connectivity index (χ4v) is 1.98.